The second kappa shape index (κ2) is 9.19. The van der Waals surface area contributed by atoms with Crippen LogP contribution in [0.5, 0.6) is 5.75 Å². The lowest BCUT2D eigenvalue weighted by molar-refractivity contribution is -0.140. The van der Waals surface area contributed by atoms with E-state index < -0.39 is 0 Å². The number of hydrogen-bond donors (Lipinski definition) is 2. The summed E-state index contributed by atoms with van der Waals surface area (Å²) in [5.41, 5.74) is 10.7. The van der Waals surface area contributed by atoms with Gasteiger partial charge in [-0.3, -0.25) is 9.79 Å². The number of ether oxygens (including phenoxy) is 1. The summed E-state index contributed by atoms with van der Waals surface area (Å²) in [6, 6.07) is 7.50. The minimum Gasteiger partial charge on any atom is -0.426 e. The number of benzene rings is 1. The van der Waals surface area contributed by atoms with Crippen molar-refractivity contribution in [1.29, 1.82) is 0 Å². The van der Waals surface area contributed by atoms with Gasteiger partial charge in [0.25, 0.3) is 0 Å². The lowest BCUT2D eigenvalue weighted by Crippen LogP contribution is -2.28. The molecule has 1 fully saturated rings. The summed E-state index contributed by atoms with van der Waals surface area (Å²) in [7, 11) is 0. The zero-order valence-electron chi connectivity index (χ0n) is 12.2. The van der Waals surface area contributed by atoms with Crippen LogP contribution in [-0.4, -0.2) is 18.5 Å². The Bertz CT molecular complexity index is 510. The first-order chi connectivity index (χ1) is 10.0. The number of hydrogen-bond acceptors (Lipinski definition) is 3. The summed E-state index contributed by atoms with van der Waals surface area (Å²) in [6.07, 6.45) is 3.61. The second-order valence-electron chi connectivity index (χ2n) is 5.36. The van der Waals surface area contributed by atoms with Gasteiger partial charge in [-0.25, -0.2) is 0 Å². The van der Waals surface area contributed by atoms with Crippen molar-refractivity contribution in [2.75, 3.05) is 6.54 Å². The van der Waals surface area contributed by atoms with Crippen molar-refractivity contribution in [2.45, 2.75) is 25.7 Å². The predicted molar refractivity (Wildman–Crippen MR) is 98.2 cm³/mol. The topological polar surface area (TPSA) is 90.7 Å². The summed E-state index contributed by atoms with van der Waals surface area (Å²) in [5, 5.41) is 0. The number of nitrogens with two attached hydrogens (primary N) is 2. The molecule has 1 saturated carbocycles. The zero-order valence-corrected chi connectivity index (χ0v) is 15.2. The molecule has 1 aromatic rings. The highest BCUT2D eigenvalue weighted by molar-refractivity contribution is 14.1. The Balaban J connectivity index is 0.00000242. The van der Waals surface area contributed by atoms with E-state index in [-0.39, 0.29) is 30.3 Å². The Morgan fingerprint density at radius 3 is 2.32 bits per heavy atom. The number of nitrogens with zero attached hydrogens (tertiary/aromatic N) is 1. The van der Waals surface area contributed by atoms with Crippen LogP contribution in [0.4, 0.5) is 0 Å². The summed E-state index contributed by atoms with van der Waals surface area (Å²) in [4.78, 5) is 16.2. The van der Waals surface area contributed by atoms with Crippen molar-refractivity contribution in [3.63, 3.8) is 0 Å². The van der Waals surface area contributed by atoms with Gasteiger partial charge in [-0.05, 0) is 78.5 Å². The lowest BCUT2D eigenvalue weighted by Gasteiger charge is -2.26. The van der Waals surface area contributed by atoms with Gasteiger partial charge in [0.2, 0.25) is 0 Å². The molecule has 0 radical (unpaired) electrons. The molecule has 0 atom stereocenters. The minimum absolute atomic E-state index is 0. The van der Waals surface area contributed by atoms with Gasteiger partial charge >= 0.3 is 5.97 Å². The molecule has 1 aromatic carbocycles. The number of aliphatic imine (C=N–C) groups is 1. The Morgan fingerprint density at radius 1 is 1.18 bits per heavy atom. The third-order valence-electron chi connectivity index (χ3n) is 3.74. The van der Waals surface area contributed by atoms with E-state index in [4.69, 9.17) is 16.2 Å². The third kappa shape index (κ3) is 6.00. The van der Waals surface area contributed by atoms with E-state index in [1.807, 2.05) is 24.3 Å². The first-order valence-electron chi connectivity index (χ1n) is 7.07. The van der Waals surface area contributed by atoms with Gasteiger partial charge in [0, 0.05) is 10.1 Å². The standard InChI is InChI=1S/C15H20IN3O2.ClH/c16-12-5-7-13(8-6-12)21-14(20)11-3-1-10(2-4-11)9-19-15(17)18;/h5-8,10-11H,1-4,9H2,(H4,17,18,19);1H. The number of esters is 1. The molecule has 22 heavy (non-hydrogen) atoms. The average Bonchev–Trinajstić information content (AvgIpc) is 2.48. The molecule has 1 aliphatic carbocycles. The van der Waals surface area contributed by atoms with E-state index in [9.17, 15) is 4.79 Å². The molecule has 122 valence electrons. The second-order valence-corrected chi connectivity index (χ2v) is 6.60. The molecule has 0 aromatic heterocycles. The summed E-state index contributed by atoms with van der Waals surface area (Å²) >= 11 is 2.22. The van der Waals surface area contributed by atoms with Crippen LogP contribution in [0.1, 0.15) is 25.7 Å². The molecule has 0 saturated heterocycles. The fourth-order valence-electron chi connectivity index (χ4n) is 2.52. The highest BCUT2D eigenvalue weighted by Gasteiger charge is 2.27. The van der Waals surface area contributed by atoms with Gasteiger partial charge in [0.05, 0.1) is 5.92 Å². The Morgan fingerprint density at radius 2 is 1.77 bits per heavy atom. The van der Waals surface area contributed by atoms with E-state index in [2.05, 4.69) is 27.6 Å². The van der Waals surface area contributed by atoms with Gasteiger partial charge in [-0.2, -0.15) is 0 Å². The minimum atomic E-state index is -0.128. The van der Waals surface area contributed by atoms with Crippen LogP contribution in [0.15, 0.2) is 29.3 Å². The Hall–Kier alpha value is -1.02. The number of halogens is 2. The molecule has 0 aliphatic heterocycles. The number of carbonyl (C=O) groups excluding carboxylic acids is 1. The molecular formula is C15H21ClIN3O2. The van der Waals surface area contributed by atoms with Crippen molar-refractivity contribution in [2.24, 2.45) is 28.3 Å². The summed E-state index contributed by atoms with van der Waals surface area (Å²) in [5.74, 6) is 1.07. The maximum Gasteiger partial charge on any atom is 0.314 e. The largest absolute Gasteiger partial charge is 0.426 e. The molecule has 0 bridgehead atoms. The van der Waals surface area contributed by atoms with E-state index in [0.29, 0.717) is 18.2 Å². The third-order valence-corrected chi connectivity index (χ3v) is 4.46. The van der Waals surface area contributed by atoms with Crippen molar-refractivity contribution in [3.8, 4) is 5.75 Å². The van der Waals surface area contributed by atoms with Crippen LogP contribution >= 0.6 is 35.0 Å². The fourth-order valence-corrected chi connectivity index (χ4v) is 2.88. The smallest absolute Gasteiger partial charge is 0.314 e. The van der Waals surface area contributed by atoms with Crippen LogP contribution < -0.4 is 16.2 Å². The maximum absolute atomic E-state index is 12.1. The van der Waals surface area contributed by atoms with Crippen molar-refractivity contribution < 1.29 is 9.53 Å². The lowest BCUT2D eigenvalue weighted by atomic mass is 9.82. The van der Waals surface area contributed by atoms with Gasteiger partial charge in [0.15, 0.2) is 5.96 Å². The molecule has 0 unspecified atom stereocenters. The monoisotopic (exact) mass is 437 g/mol. The maximum atomic E-state index is 12.1. The van der Waals surface area contributed by atoms with E-state index in [0.717, 1.165) is 29.3 Å². The van der Waals surface area contributed by atoms with Gasteiger partial charge in [0.1, 0.15) is 5.75 Å². The Kier molecular flexibility index (Phi) is 7.95. The summed E-state index contributed by atoms with van der Waals surface area (Å²) < 4.78 is 6.55. The van der Waals surface area contributed by atoms with Crippen LogP contribution in [0.25, 0.3) is 0 Å². The van der Waals surface area contributed by atoms with Crippen LogP contribution in [0.2, 0.25) is 0 Å². The number of carbonyl (C=O) groups is 1. The van der Waals surface area contributed by atoms with Gasteiger partial charge in [-0.15, -0.1) is 12.4 Å². The average molecular weight is 438 g/mol. The molecule has 0 spiro atoms. The first kappa shape index (κ1) is 19.0. The van der Waals surface area contributed by atoms with Crippen LogP contribution in [-0.2, 0) is 4.79 Å². The SMILES string of the molecule is Cl.NC(N)=NCC1CCC(C(=O)Oc2ccc(I)cc2)CC1. The first-order valence-corrected chi connectivity index (χ1v) is 8.15. The quantitative estimate of drug-likeness (QED) is 0.249. The highest BCUT2D eigenvalue weighted by atomic mass is 127. The molecule has 4 N–H and O–H groups in total. The van der Waals surface area contributed by atoms with Gasteiger partial charge < -0.3 is 16.2 Å². The van der Waals surface area contributed by atoms with Gasteiger partial charge in [-0.1, -0.05) is 0 Å². The zero-order chi connectivity index (χ0) is 15.2. The van der Waals surface area contributed by atoms with E-state index in [1.54, 1.807) is 0 Å². The molecular weight excluding hydrogens is 417 g/mol. The molecule has 1 aliphatic rings. The van der Waals surface area contributed by atoms with Crippen molar-refractivity contribution in [1.82, 2.24) is 0 Å². The fraction of sp³-hybridized carbons (Fsp3) is 0.467. The molecule has 0 heterocycles. The number of rotatable bonds is 4. The van der Waals surface area contributed by atoms with Crippen LogP contribution in [0, 0.1) is 15.4 Å². The predicted octanol–water partition coefficient (Wildman–Crippen LogP) is 2.70. The molecule has 0 amide bonds. The summed E-state index contributed by atoms with van der Waals surface area (Å²) in [6.45, 7) is 0.654. The van der Waals surface area contributed by atoms with E-state index in [1.165, 1.54) is 0 Å². The van der Waals surface area contributed by atoms with Crippen molar-refractivity contribution >= 4 is 46.9 Å². The number of guanidine groups is 1. The Labute approximate surface area is 150 Å². The molecule has 7 heteroatoms. The normalized spacial score (nSPS) is 20.6. The van der Waals surface area contributed by atoms with E-state index >= 15 is 0 Å². The van der Waals surface area contributed by atoms with Crippen LogP contribution in [0.3, 0.4) is 0 Å². The molecule has 2 rings (SSSR count). The highest BCUT2D eigenvalue weighted by Crippen LogP contribution is 2.30. The molecule has 5 nitrogen and oxygen atoms in total. The van der Waals surface area contributed by atoms with Crippen molar-refractivity contribution in [3.05, 3.63) is 27.8 Å².